The number of likely N-dealkylation sites (tertiary alicyclic amines) is 1. The van der Waals surface area contributed by atoms with Crippen molar-refractivity contribution in [2.75, 3.05) is 19.8 Å². The molecule has 0 aromatic carbocycles. The summed E-state index contributed by atoms with van der Waals surface area (Å²) in [6, 6.07) is 0. The summed E-state index contributed by atoms with van der Waals surface area (Å²) in [5.74, 6) is -0.0878. The number of imide groups is 1. The third-order valence-corrected chi connectivity index (χ3v) is 3.99. The maximum absolute atomic E-state index is 11.8. The third kappa shape index (κ3) is 4.01. The van der Waals surface area contributed by atoms with Crippen LogP contribution in [-0.4, -0.2) is 47.7 Å². The van der Waals surface area contributed by atoms with Gasteiger partial charge in [0.15, 0.2) is 0 Å². The summed E-state index contributed by atoms with van der Waals surface area (Å²) in [5.41, 5.74) is 0. The highest BCUT2D eigenvalue weighted by molar-refractivity contribution is 8.00. The molecule has 0 bridgehead atoms. The molecule has 1 atom stereocenters. The van der Waals surface area contributed by atoms with Crippen molar-refractivity contribution in [2.45, 2.75) is 37.4 Å². The van der Waals surface area contributed by atoms with E-state index in [0.717, 1.165) is 19.3 Å². The van der Waals surface area contributed by atoms with Crippen molar-refractivity contribution in [2.24, 2.45) is 0 Å². The van der Waals surface area contributed by atoms with Gasteiger partial charge in [-0.05, 0) is 19.1 Å². The van der Waals surface area contributed by atoms with E-state index in [9.17, 15) is 14.4 Å². The number of hydrogen-bond donors (Lipinski definition) is 1. The summed E-state index contributed by atoms with van der Waals surface area (Å²) >= 11 is 1.43. The normalized spacial score (nSPS) is 19.4. The molecule has 1 fully saturated rings. The van der Waals surface area contributed by atoms with Gasteiger partial charge >= 0.3 is 0 Å². The van der Waals surface area contributed by atoms with Crippen molar-refractivity contribution in [3.05, 3.63) is 0 Å². The largest absolute Gasteiger partial charge is 0.359 e. The summed E-state index contributed by atoms with van der Waals surface area (Å²) in [5, 5.41) is 2.37. The Hall–Kier alpha value is -1.04. The van der Waals surface area contributed by atoms with Crippen molar-refractivity contribution in [1.82, 2.24) is 10.2 Å². The van der Waals surface area contributed by atoms with Gasteiger partial charge in [0.2, 0.25) is 17.7 Å². The predicted molar refractivity (Wildman–Crippen MR) is 71.2 cm³/mol. The molecule has 0 aromatic heterocycles. The van der Waals surface area contributed by atoms with Crippen LogP contribution in [0.5, 0.6) is 0 Å². The minimum Gasteiger partial charge on any atom is -0.359 e. The van der Waals surface area contributed by atoms with Gasteiger partial charge in [-0.3, -0.25) is 19.3 Å². The first kappa shape index (κ1) is 15.0. The zero-order valence-corrected chi connectivity index (χ0v) is 11.7. The lowest BCUT2D eigenvalue weighted by Crippen LogP contribution is -2.32. The maximum atomic E-state index is 11.8. The van der Waals surface area contributed by atoms with Crippen LogP contribution >= 0.6 is 11.8 Å². The summed E-state index contributed by atoms with van der Waals surface area (Å²) < 4.78 is 0. The molecule has 1 unspecified atom stereocenters. The van der Waals surface area contributed by atoms with Crippen LogP contribution in [0.2, 0.25) is 0 Å². The first-order valence-electron chi connectivity index (χ1n) is 6.17. The van der Waals surface area contributed by atoms with E-state index in [1.165, 1.54) is 16.7 Å². The zero-order chi connectivity index (χ0) is 13.5. The van der Waals surface area contributed by atoms with Gasteiger partial charge in [0.1, 0.15) is 0 Å². The van der Waals surface area contributed by atoms with E-state index < -0.39 is 0 Å². The van der Waals surface area contributed by atoms with E-state index in [1.54, 1.807) is 7.05 Å². The molecule has 1 N–H and O–H groups in total. The average molecular weight is 272 g/mol. The first-order chi connectivity index (χ1) is 8.60. The smallest absolute Gasteiger partial charge is 0.242 e. The van der Waals surface area contributed by atoms with Crippen molar-refractivity contribution in [1.29, 1.82) is 0 Å². The number of unbranched alkanes of at least 4 members (excludes halogenated alkanes) is 2. The topological polar surface area (TPSA) is 66.5 Å². The first-order valence-corrected chi connectivity index (χ1v) is 7.46. The minimum atomic E-state index is -0.191. The Bertz CT molecular complexity index is 333. The van der Waals surface area contributed by atoms with Crippen molar-refractivity contribution >= 4 is 29.5 Å². The molecule has 5 nitrogen and oxygen atoms in total. The van der Waals surface area contributed by atoms with E-state index in [1.807, 2.05) is 6.26 Å². The fraction of sp³-hybridized carbons (Fsp3) is 0.750. The Kier molecular flexibility index (Phi) is 6.18. The fourth-order valence-corrected chi connectivity index (χ4v) is 2.57. The molecule has 3 amide bonds. The number of carbonyl (C=O) groups excluding carboxylic acids is 3. The molecule has 18 heavy (non-hydrogen) atoms. The van der Waals surface area contributed by atoms with Crippen molar-refractivity contribution < 1.29 is 14.4 Å². The molecule has 1 aliphatic rings. The van der Waals surface area contributed by atoms with Crippen LogP contribution in [0.15, 0.2) is 0 Å². The molecule has 0 spiro atoms. The standard InChI is InChI=1S/C12H20N2O3S/c1-13-10(15)6-4-3-5-7-14-11(16)8-9(18-2)12(14)17/h9H,3-8H2,1-2H3,(H,13,15). The monoisotopic (exact) mass is 272 g/mol. The van der Waals surface area contributed by atoms with Gasteiger partial charge in [0, 0.05) is 26.4 Å². The average Bonchev–Trinajstić information content (AvgIpc) is 2.64. The second-order valence-electron chi connectivity index (χ2n) is 4.30. The lowest BCUT2D eigenvalue weighted by Gasteiger charge is -2.14. The minimum absolute atomic E-state index is 0.0331. The highest BCUT2D eigenvalue weighted by Crippen LogP contribution is 2.23. The van der Waals surface area contributed by atoms with E-state index in [-0.39, 0.29) is 23.0 Å². The zero-order valence-electron chi connectivity index (χ0n) is 10.9. The van der Waals surface area contributed by atoms with Crippen LogP contribution in [0.25, 0.3) is 0 Å². The third-order valence-electron chi connectivity index (χ3n) is 3.05. The van der Waals surface area contributed by atoms with Crippen LogP contribution < -0.4 is 5.32 Å². The number of thioether (sulfide) groups is 1. The second kappa shape index (κ2) is 7.41. The van der Waals surface area contributed by atoms with Crippen LogP contribution in [0.3, 0.4) is 0 Å². The van der Waals surface area contributed by atoms with Crippen molar-refractivity contribution in [3.63, 3.8) is 0 Å². The van der Waals surface area contributed by atoms with Gasteiger partial charge in [-0.1, -0.05) is 6.42 Å². The highest BCUT2D eigenvalue weighted by atomic mass is 32.2. The molecule has 0 saturated carbocycles. The van der Waals surface area contributed by atoms with Gasteiger partial charge in [0.25, 0.3) is 0 Å². The summed E-state index contributed by atoms with van der Waals surface area (Å²) in [4.78, 5) is 35.7. The fourth-order valence-electron chi connectivity index (χ4n) is 1.93. The van der Waals surface area contributed by atoms with Gasteiger partial charge in [0.05, 0.1) is 5.25 Å². The van der Waals surface area contributed by atoms with Gasteiger partial charge in [-0.15, -0.1) is 0 Å². The Morgan fingerprint density at radius 2 is 2.11 bits per heavy atom. The molecular formula is C12H20N2O3S. The quantitative estimate of drug-likeness (QED) is 0.549. The molecule has 1 saturated heterocycles. The van der Waals surface area contributed by atoms with E-state index in [0.29, 0.717) is 19.4 Å². The van der Waals surface area contributed by atoms with Crippen LogP contribution in [0.4, 0.5) is 0 Å². The van der Waals surface area contributed by atoms with Crippen LogP contribution in [-0.2, 0) is 14.4 Å². The number of nitrogens with zero attached hydrogens (tertiary/aromatic N) is 1. The van der Waals surface area contributed by atoms with Crippen LogP contribution in [0.1, 0.15) is 32.1 Å². The number of amides is 3. The lowest BCUT2D eigenvalue weighted by atomic mass is 10.2. The van der Waals surface area contributed by atoms with Gasteiger partial charge in [-0.2, -0.15) is 11.8 Å². The highest BCUT2D eigenvalue weighted by Gasteiger charge is 2.37. The molecule has 102 valence electrons. The van der Waals surface area contributed by atoms with Gasteiger partial charge < -0.3 is 5.32 Å². The van der Waals surface area contributed by atoms with E-state index in [4.69, 9.17) is 0 Å². The second-order valence-corrected chi connectivity index (χ2v) is 5.34. The molecule has 0 radical (unpaired) electrons. The summed E-state index contributed by atoms with van der Waals surface area (Å²) in [6.07, 6.45) is 5.11. The molecule has 0 aliphatic carbocycles. The Morgan fingerprint density at radius 3 is 2.67 bits per heavy atom. The molecular weight excluding hydrogens is 252 g/mol. The van der Waals surface area contributed by atoms with Crippen LogP contribution in [0, 0.1) is 0 Å². The summed E-state index contributed by atoms with van der Waals surface area (Å²) in [7, 11) is 1.62. The Labute approximate surface area is 112 Å². The van der Waals surface area contributed by atoms with Crippen molar-refractivity contribution in [3.8, 4) is 0 Å². The van der Waals surface area contributed by atoms with E-state index in [2.05, 4.69) is 5.32 Å². The molecule has 6 heteroatoms. The molecule has 1 heterocycles. The van der Waals surface area contributed by atoms with Gasteiger partial charge in [-0.25, -0.2) is 0 Å². The number of nitrogens with one attached hydrogen (secondary N) is 1. The molecule has 0 aromatic rings. The van der Waals surface area contributed by atoms with E-state index >= 15 is 0 Å². The SMILES string of the molecule is CNC(=O)CCCCCN1C(=O)CC(SC)C1=O. The lowest BCUT2D eigenvalue weighted by molar-refractivity contribution is -0.138. The predicted octanol–water partition coefficient (Wildman–Crippen LogP) is 0.783. The number of carbonyl (C=O) groups is 3. The number of rotatable bonds is 7. The number of hydrogen-bond acceptors (Lipinski definition) is 4. The summed E-state index contributed by atoms with van der Waals surface area (Å²) in [6.45, 7) is 0.489. The molecule has 1 aliphatic heterocycles. The Balaban J connectivity index is 2.21. The molecule has 1 rings (SSSR count). The Morgan fingerprint density at radius 1 is 1.39 bits per heavy atom. The maximum Gasteiger partial charge on any atom is 0.242 e.